The number of nitrogens with one attached hydrogen (secondary N) is 2. The number of carbonyl (C=O) groups is 1. The van der Waals surface area contributed by atoms with Crippen molar-refractivity contribution in [2.75, 3.05) is 24.2 Å². The summed E-state index contributed by atoms with van der Waals surface area (Å²) in [6.45, 7) is 0.135. The number of urea groups is 1. The molecular formula is C9H13N3O2. The van der Waals surface area contributed by atoms with E-state index < -0.39 is 0 Å². The zero-order valence-corrected chi connectivity index (χ0v) is 7.66. The van der Waals surface area contributed by atoms with Crippen molar-refractivity contribution in [1.29, 1.82) is 0 Å². The van der Waals surface area contributed by atoms with Crippen LogP contribution in [0.25, 0.3) is 0 Å². The molecule has 0 spiro atoms. The Morgan fingerprint density at radius 1 is 1.43 bits per heavy atom. The van der Waals surface area contributed by atoms with Gasteiger partial charge in [-0.2, -0.15) is 0 Å². The van der Waals surface area contributed by atoms with Crippen LogP contribution in [0.5, 0.6) is 0 Å². The highest BCUT2D eigenvalue weighted by Gasteiger charge is 2.02. The number of nitrogens with two attached hydrogens (primary N) is 1. The molecule has 0 aliphatic carbocycles. The number of rotatable bonds is 3. The van der Waals surface area contributed by atoms with Crippen LogP contribution in [0.1, 0.15) is 0 Å². The maximum Gasteiger partial charge on any atom is 0.319 e. The van der Waals surface area contributed by atoms with Gasteiger partial charge in [0.05, 0.1) is 18.0 Å². The quantitative estimate of drug-likeness (QED) is 0.526. The van der Waals surface area contributed by atoms with Gasteiger partial charge in [0.1, 0.15) is 0 Å². The van der Waals surface area contributed by atoms with E-state index in [0.717, 1.165) is 0 Å². The molecule has 0 radical (unpaired) electrons. The summed E-state index contributed by atoms with van der Waals surface area (Å²) in [7, 11) is 0. The molecule has 0 saturated heterocycles. The molecule has 1 rings (SSSR count). The highest BCUT2D eigenvalue weighted by atomic mass is 16.3. The van der Waals surface area contributed by atoms with E-state index in [1.54, 1.807) is 24.3 Å². The molecule has 5 nitrogen and oxygen atoms in total. The molecule has 0 aliphatic heterocycles. The van der Waals surface area contributed by atoms with Crippen molar-refractivity contribution in [2.45, 2.75) is 0 Å². The van der Waals surface area contributed by atoms with E-state index in [-0.39, 0.29) is 19.2 Å². The van der Waals surface area contributed by atoms with Gasteiger partial charge in [0.2, 0.25) is 0 Å². The molecule has 1 aromatic carbocycles. The average Bonchev–Trinajstić information content (AvgIpc) is 2.18. The maximum absolute atomic E-state index is 11.1. The van der Waals surface area contributed by atoms with Crippen LogP contribution in [-0.4, -0.2) is 24.3 Å². The highest BCUT2D eigenvalue weighted by molar-refractivity contribution is 5.92. The van der Waals surface area contributed by atoms with Crippen LogP contribution in [0.2, 0.25) is 0 Å². The molecule has 76 valence electrons. The Balaban J connectivity index is 2.52. The molecule has 0 saturated carbocycles. The van der Waals surface area contributed by atoms with Crippen LogP contribution in [-0.2, 0) is 0 Å². The van der Waals surface area contributed by atoms with E-state index in [2.05, 4.69) is 10.6 Å². The lowest BCUT2D eigenvalue weighted by atomic mass is 10.3. The van der Waals surface area contributed by atoms with Crippen molar-refractivity contribution in [2.24, 2.45) is 0 Å². The lowest BCUT2D eigenvalue weighted by Crippen LogP contribution is -2.31. The predicted molar refractivity (Wildman–Crippen MR) is 55.0 cm³/mol. The number of aliphatic hydroxyl groups is 1. The van der Waals surface area contributed by atoms with Crippen LogP contribution in [0.3, 0.4) is 0 Å². The SMILES string of the molecule is Nc1ccccc1NC(=O)NCCO. The molecule has 5 heteroatoms. The van der Waals surface area contributed by atoms with Gasteiger partial charge in [-0.15, -0.1) is 0 Å². The Morgan fingerprint density at radius 3 is 2.79 bits per heavy atom. The Labute approximate surface area is 81.9 Å². The lowest BCUT2D eigenvalue weighted by Gasteiger charge is -2.08. The van der Waals surface area contributed by atoms with Gasteiger partial charge in [-0.25, -0.2) is 4.79 Å². The first-order valence-electron chi connectivity index (χ1n) is 4.24. The Hall–Kier alpha value is -1.75. The van der Waals surface area contributed by atoms with Crippen molar-refractivity contribution in [3.8, 4) is 0 Å². The zero-order chi connectivity index (χ0) is 10.4. The highest BCUT2D eigenvalue weighted by Crippen LogP contribution is 2.15. The fourth-order valence-corrected chi connectivity index (χ4v) is 0.947. The second kappa shape index (κ2) is 5.08. The van der Waals surface area contributed by atoms with Gasteiger partial charge < -0.3 is 21.5 Å². The van der Waals surface area contributed by atoms with E-state index >= 15 is 0 Å². The normalized spacial score (nSPS) is 9.50. The largest absolute Gasteiger partial charge is 0.397 e. The second-order valence-corrected chi connectivity index (χ2v) is 2.69. The van der Waals surface area contributed by atoms with Crippen LogP contribution >= 0.6 is 0 Å². The maximum atomic E-state index is 11.1. The summed E-state index contributed by atoms with van der Waals surface area (Å²) in [5.41, 5.74) is 6.67. The van der Waals surface area contributed by atoms with Gasteiger partial charge in [0.25, 0.3) is 0 Å². The van der Waals surface area contributed by atoms with Gasteiger partial charge in [-0.05, 0) is 12.1 Å². The number of hydrogen-bond donors (Lipinski definition) is 4. The molecule has 14 heavy (non-hydrogen) atoms. The number of anilines is 2. The summed E-state index contributed by atoms with van der Waals surface area (Å²) >= 11 is 0. The number of hydrogen-bond acceptors (Lipinski definition) is 3. The molecule has 0 aromatic heterocycles. The van der Waals surface area contributed by atoms with Crippen LogP contribution < -0.4 is 16.4 Å². The molecule has 0 aliphatic rings. The van der Waals surface area contributed by atoms with E-state index in [9.17, 15) is 4.79 Å². The predicted octanol–water partition coefficient (Wildman–Crippen LogP) is 0.383. The van der Waals surface area contributed by atoms with Crippen molar-refractivity contribution in [1.82, 2.24) is 5.32 Å². The molecule has 0 heterocycles. The monoisotopic (exact) mass is 195 g/mol. The van der Waals surface area contributed by atoms with Gasteiger partial charge in [-0.1, -0.05) is 12.1 Å². The molecular weight excluding hydrogens is 182 g/mol. The summed E-state index contributed by atoms with van der Waals surface area (Å²) in [6, 6.07) is 6.58. The minimum atomic E-state index is -0.378. The molecule has 0 unspecified atom stereocenters. The fraction of sp³-hybridized carbons (Fsp3) is 0.222. The molecule has 2 amide bonds. The van der Waals surface area contributed by atoms with Gasteiger partial charge >= 0.3 is 6.03 Å². The first kappa shape index (κ1) is 10.3. The summed E-state index contributed by atoms with van der Waals surface area (Å²) < 4.78 is 0. The average molecular weight is 195 g/mol. The van der Waals surface area contributed by atoms with Crippen molar-refractivity contribution in [3.05, 3.63) is 24.3 Å². The van der Waals surface area contributed by atoms with E-state index in [0.29, 0.717) is 11.4 Å². The van der Waals surface area contributed by atoms with E-state index in [1.165, 1.54) is 0 Å². The Bertz CT molecular complexity index is 315. The minimum absolute atomic E-state index is 0.0856. The van der Waals surface area contributed by atoms with Gasteiger partial charge in [-0.3, -0.25) is 0 Å². The second-order valence-electron chi connectivity index (χ2n) is 2.69. The van der Waals surface area contributed by atoms with E-state index in [4.69, 9.17) is 10.8 Å². The van der Waals surface area contributed by atoms with Crippen LogP contribution in [0.15, 0.2) is 24.3 Å². The molecule has 1 aromatic rings. The smallest absolute Gasteiger partial charge is 0.319 e. The Morgan fingerprint density at radius 2 is 2.14 bits per heavy atom. The van der Waals surface area contributed by atoms with Crippen LogP contribution in [0, 0.1) is 0 Å². The topological polar surface area (TPSA) is 87.4 Å². The minimum Gasteiger partial charge on any atom is -0.397 e. The number of para-hydroxylation sites is 2. The summed E-state index contributed by atoms with van der Waals surface area (Å²) in [5, 5.41) is 13.5. The molecule has 0 fully saturated rings. The Kier molecular flexibility index (Phi) is 3.75. The number of nitrogen functional groups attached to an aromatic ring is 1. The van der Waals surface area contributed by atoms with Gasteiger partial charge in [0.15, 0.2) is 0 Å². The first-order chi connectivity index (χ1) is 6.74. The molecule has 0 bridgehead atoms. The summed E-state index contributed by atoms with van der Waals surface area (Å²) in [6.07, 6.45) is 0. The first-order valence-corrected chi connectivity index (χ1v) is 4.24. The number of aliphatic hydroxyl groups excluding tert-OH is 1. The zero-order valence-electron chi connectivity index (χ0n) is 7.66. The fourth-order valence-electron chi connectivity index (χ4n) is 0.947. The van der Waals surface area contributed by atoms with Crippen molar-refractivity contribution < 1.29 is 9.90 Å². The number of benzene rings is 1. The third kappa shape index (κ3) is 2.95. The lowest BCUT2D eigenvalue weighted by molar-refractivity contribution is 0.245. The molecule has 5 N–H and O–H groups in total. The summed E-state index contributed by atoms with van der Waals surface area (Å²) in [4.78, 5) is 11.1. The number of amides is 2. The van der Waals surface area contributed by atoms with E-state index in [1.807, 2.05) is 0 Å². The third-order valence-corrected chi connectivity index (χ3v) is 1.61. The molecule has 0 atom stereocenters. The number of carbonyl (C=O) groups excluding carboxylic acids is 1. The van der Waals surface area contributed by atoms with Gasteiger partial charge in [0, 0.05) is 6.54 Å². The van der Waals surface area contributed by atoms with Crippen LogP contribution in [0.4, 0.5) is 16.2 Å². The summed E-state index contributed by atoms with van der Waals surface area (Å²) in [5.74, 6) is 0. The standard InChI is InChI=1S/C9H13N3O2/c10-7-3-1-2-4-8(7)12-9(14)11-5-6-13/h1-4,13H,5-6,10H2,(H2,11,12,14). The third-order valence-electron chi connectivity index (χ3n) is 1.61. The van der Waals surface area contributed by atoms with Crippen molar-refractivity contribution in [3.63, 3.8) is 0 Å². The van der Waals surface area contributed by atoms with Crippen molar-refractivity contribution >= 4 is 17.4 Å².